The number of esters is 1. The molecular weight excluding hydrogens is 456 g/mol. The maximum atomic E-state index is 12.5. The zero-order valence-electron chi connectivity index (χ0n) is 17.1. The van der Waals surface area contributed by atoms with Crippen LogP contribution >= 0.6 is 11.3 Å². The number of methoxy groups -OCH3 is 1. The molecule has 0 N–H and O–H groups in total. The standard InChI is InChI=1S/C21H20N2O7S2/c1-28-20(25)11-23-15-9-16-17(30-8-7-29-16)10-18(15)31-21(23)22-19(24)13-32(26,27)12-14-5-3-2-4-6-14/h2-6,9-10H,7-8,11-13H2,1H3. The van der Waals surface area contributed by atoms with Gasteiger partial charge >= 0.3 is 5.97 Å². The summed E-state index contributed by atoms with van der Waals surface area (Å²) in [4.78, 5) is 28.7. The van der Waals surface area contributed by atoms with E-state index in [0.717, 1.165) is 11.3 Å². The first-order valence-corrected chi connectivity index (χ1v) is 12.3. The number of aromatic nitrogens is 1. The zero-order valence-corrected chi connectivity index (χ0v) is 18.8. The highest BCUT2D eigenvalue weighted by Gasteiger charge is 2.20. The first-order chi connectivity index (χ1) is 15.3. The van der Waals surface area contributed by atoms with Gasteiger partial charge in [0, 0.05) is 12.1 Å². The zero-order chi connectivity index (χ0) is 22.7. The summed E-state index contributed by atoms with van der Waals surface area (Å²) in [5.41, 5.74) is 1.19. The Kier molecular flexibility index (Phi) is 6.28. The molecule has 0 saturated heterocycles. The summed E-state index contributed by atoms with van der Waals surface area (Å²) in [6.07, 6.45) is 0. The van der Waals surface area contributed by atoms with Crippen LogP contribution in [0.4, 0.5) is 0 Å². The van der Waals surface area contributed by atoms with Crippen molar-refractivity contribution in [3.05, 3.63) is 52.8 Å². The first kappa shape index (κ1) is 22.0. The molecular formula is C21H20N2O7S2. The van der Waals surface area contributed by atoms with Gasteiger partial charge in [-0.25, -0.2) is 8.42 Å². The van der Waals surface area contributed by atoms with Crippen molar-refractivity contribution >= 4 is 43.3 Å². The molecule has 1 aliphatic rings. The number of hydrogen-bond acceptors (Lipinski definition) is 8. The summed E-state index contributed by atoms with van der Waals surface area (Å²) in [5, 5.41) is 0. The van der Waals surface area contributed by atoms with Crippen molar-refractivity contribution in [2.24, 2.45) is 4.99 Å². The van der Waals surface area contributed by atoms with E-state index in [1.54, 1.807) is 42.5 Å². The molecule has 0 atom stereocenters. The summed E-state index contributed by atoms with van der Waals surface area (Å²) in [6.45, 7) is 0.620. The van der Waals surface area contributed by atoms with Gasteiger partial charge in [0.25, 0.3) is 5.91 Å². The van der Waals surface area contributed by atoms with Crippen molar-refractivity contribution in [1.82, 2.24) is 4.57 Å². The third-order valence-corrected chi connectivity index (χ3v) is 7.16. The summed E-state index contributed by atoms with van der Waals surface area (Å²) in [7, 11) is -2.46. The third kappa shape index (κ3) is 5.00. The van der Waals surface area contributed by atoms with Gasteiger partial charge in [0.05, 0.1) is 23.1 Å². The van der Waals surface area contributed by atoms with Gasteiger partial charge in [-0.2, -0.15) is 4.99 Å². The van der Waals surface area contributed by atoms with Gasteiger partial charge in [-0.05, 0) is 5.56 Å². The number of hydrogen-bond donors (Lipinski definition) is 0. The average molecular weight is 477 g/mol. The molecule has 1 aliphatic heterocycles. The number of fused-ring (bicyclic) bond motifs is 2. The lowest BCUT2D eigenvalue weighted by Crippen LogP contribution is -2.24. The van der Waals surface area contributed by atoms with Crippen LogP contribution in [0.1, 0.15) is 5.56 Å². The van der Waals surface area contributed by atoms with Gasteiger partial charge in [-0.3, -0.25) is 9.59 Å². The molecule has 0 fully saturated rings. The summed E-state index contributed by atoms with van der Waals surface area (Å²) in [6, 6.07) is 12.1. The highest BCUT2D eigenvalue weighted by atomic mass is 32.2. The normalized spacial score (nSPS) is 13.8. The lowest BCUT2D eigenvalue weighted by Gasteiger charge is -2.18. The predicted octanol–water partition coefficient (Wildman–Crippen LogP) is 1.69. The Morgan fingerprint density at radius 2 is 1.81 bits per heavy atom. The summed E-state index contributed by atoms with van der Waals surface area (Å²) in [5.74, 6) is -1.28. The number of benzene rings is 2. The fourth-order valence-electron chi connectivity index (χ4n) is 3.24. The van der Waals surface area contributed by atoms with Crippen LogP contribution in [0.3, 0.4) is 0 Å². The topological polar surface area (TPSA) is 113 Å². The Morgan fingerprint density at radius 3 is 2.50 bits per heavy atom. The van der Waals surface area contributed by atoms with Crippen LogP contribution in [0.15, 0.2) is 47.5 Å². The molecule has 1 amide bonds. The van der Waals surface area contributed by atoms with Crippen LogP contribution in [0.2, 0.25) is 0 Å². The van der Waals surface area contributed by atoms with Gasteiger partial charge in [0.2, 0.25) is 0 Å². The average Bonchev–Trinajstić information content (AvgIpc) is 3.07. The molecule has 32 heavy (non-hydrogen) atoms. The van der Waals surface area contributed by atoms with Crippen molar-refractivity contribution in [1.29, 1.82) is 0 Å². The van der Waals surface area contributed by atoms with E-state index in [2.05, 4.69) is 4.99 Å². The third-order valence-electron chi connectivity index (χ3n) is 4.65. The van der Waals surface area contributed by atoms with E-state index in [-0.39, 0.29) is 17.1 Å². The minimum atomic E-state index is -3.72. The fraction of sp³-hybridized carbons (Fsp3) is 0.286. The largest absolute Gasteiger partial charge is 0.486 e. The highest BCUT2D eigenvalue weighted by Crippen LogP contribution is 2.35. The number of amides is 1. The first-order valence-electron chi connectivity index (χ1n) is 9.66. The van der Waals surface area contributed by atoms with E-state index < -0.39 is 27.5 Å². The molecule has 3 aromatic rings. The van der Waals surface area contributed by atoms with Gasteiger partial charge < -0.3 is 18.8 Å². The molecule has 4 rings (SSSR count). The van der Waals surface area contributed by atoms with Crippen LogP contribution < -0.4 is 14.3 Å². The Balaban J connectivity index is 1.69. The number of rotatable bonds is 6. The lowest BCUT2D eigenvalue weighted by molar-refractivity contribution is -0.141. The Bertz CT molecular complexity index is 1340. The van der Waals surface area contributed by atoms with E-state index in [1.807, 2.05) is 0 Å². The smallest absolute Gasteiger partial charge is 0.325 e. The van der Waals surface area contributed by atoms with Crippen molar-refractivity contribution in [3.63, 3.8) is 0 Å². The van der Waals surface area contributed by atoms with Crippen molar-refractivity contribution in [2.45, 2.75) is 12.3 Å². The quantitative estimate of drug-likeness (QED) is 0.498. The van der Waals surface area contributed by atoms with E-state index in [0.29, 0.717) is 40.5 Å². The molecule has 0 radical (unpaired) electrons. The van der Waals surface area contributed by atoms with E-state index in [9.17, 15) is 18.0 Å². The van der Waals surface area contributed by atoms with E-state index in [4.69, 9.17) is 14.2 Å². The molecule has 0 aliphatic carbocycles. The highest BCUT2D eigenvalue weighted by molar-refractivity contribution is 7.91. The van der Waals surface area contributed by atoms with Crippen LogP contribution in [0.5, 0.6) is 11.5 Å². The van der Waals surface area contributed by atoms with Crippen molar-refractivity contribution < 1.29 is 32.2 Å². The number of thiazole rings is 1. The second-order valence-electron chi connectivity index (χ2n) is 7.03. The predicted molar refractivity (Wildman–Crippen MR) is 117 cm³/mol. The van der Waals surface area contributed by atoms with Crippen molar-refractivity contribution in [3.8, 4) is 11.5 Å². The molecule has 168 valence electrons. The number of nitrogens with zero attached hydrogens (tertiary/aromatic N) is 2. The van der Waals surface area contributed by atoms with E-state index in [1.165, 1.54) is 11.7 Å². The summed E-state index contributed by atoms with van der Waals surface area (Å²) < 4.78 is 43.1. The fourth-order valence-corrected chi connectivity index (χ4v) is 5.54. The molecule has 0 saturated carbocycles. The summed E-state index contributed by atoms with van der Waals surface area (Å²) >= 11 is 1.14. The molecule has 0 bridgehead atoms. The second-order valence-corrected chi connectivity index (χ2v) is 10.1. The van der Waals surface area contributed by atoms with Gasteiger partial charge in [0.15, 0.2) is 26.1 Å². The number of ether oxygens (including phenoxy) is 3. The van der Waals surface area contributed by atoms with Crippen LogP contribution in [0.25, 0.3) is 10.2 Å². The number of carbonyl (C=O) groups is 2. The molecule has 11 heteroatoms. The minimum absolute atomic E-state index is 0.188. The number of sulfone groups is 1. The van der Waals surface area contributed by atoms with Gasteiger partial charge in [-0.1, -0.05) is 41.7 Å². The van der Waals surface area contributed by atoms with Gasteiger partial charge in [-0.15, -0.1) is 0 Å². The van der Waals surface area contributed by atoms with Crippen LogP contribution in [-0.4, -0.2) is 50.9 Å². The molecule has 2 aromatic carbocycles. The van der Waals surface area contributed by atoms with Gasteiger partial charge in [0.1, 0.15) is 25.5 Å². The molecule has 0 unspecified atom stereocenters. The monoisotopic (exact) mass is 476 g/mol. The maximum absolute atomic E-state index is 12.5. The number of carbonyl (C=O) groups excluding carboxylic acids is 2. The second kappa shape index (κ2) is 9.13. The van der Waals surface area contributed by atoms with Crippen molar-refractivity contribution in [2.75, 3.05) is 26.1 Å². The lowest BCUT2D eigenvalue weighted by atomic mass is 10.2. The molecule has 0 spiro atoms. The SMILES string of the molecule is COC(=O)Cn1c(=NC(=O)CS(=O)(=O)Cc2ccccc2)sc2cc3c(cc21)OCCO3. The molecule has 2 heterocycles. The maximum Gasteiger partial charge on any atom is 0.325 e. The van der Waals surface area contributed by atoms with Crippen LogP contribution in [-0.2, 0) is 36.5 Å². The molecule has 9 nitrogen and oxygen atoms in total. The van der Waals surface area contributed by atoms with Crippen LogP contribution in [0, 0.1) is 0 Å². The molecule has 1 aromatic heterocycles. The Hall–Kier alpha value is -3.18. The van der Waals surface area contributed by atoms with E-state index >= 15 is 0 Å². The Morgan fingerprint density at radius 1 is 1.12 bits per heavy atom. The Labute approximate surface area is 187 Å². The minimum Gasteiger partial charge on any atom is -0.486 e.